The largest absolute Gasteiger partial charge is 0.493 e. The van der Waals surface area contributed by atoms with E-state index >= 15 is 0 Å². The first-order valence-corrected chi connectivity index (χ1v) is 7.17. The first kappa shape index (κ1) is 16.8. The van der Waals surface area contributed by atoms with Gasteiger partial charge in [0.15, 0.2) is 11.5 Å². The fourth-order valence-electron chi connectivity index (χ4n) is 2.33. The van der Waals surface area contributed by atoms with Gasteiger partial charge in [-0.25, -0.2) is 0 Å². The monoisotopic (exact) mass is 281 g/mol. The molecule has 0 aliphatic carbocycles. The van der Waals surface area contributed by atoms with E-state index < -0.39 is 0 Å². The standard InChI is InChI=1S/C16H27NO3/c1-5-16(6-2,12-18)11-17-10-13-8-7-9-14(19-3)15(13)20-4/h7-9,17-18H,5-6,10-12H2,1-4H3. The van der Waals surface area contributed by atoms with E-state index in [1.807, 2.05) is 18.2 Å². The van der Waals surface area contributed by atoms with Crippen molar-refractivity contribution < 1.29 is 14.6 Å². The smallest absolute Gasteiger partial charge is 0.165 e. The fourth-order valence-corrected chi connectivity index (χ4v) is 2.33. The number of rotatable bonds is 9. The number of methoxy groups -OCH3 is 2. The molecule has 0 saturated heterocycles. The third-order valence-corrected chi connectivity index (χ3v) is 4.14. The van der Waals surface area contributed by atoms with Crippen LogP contribution in [0.2, 0.25) is 0 Å². The van der Waals surface area contributed by atoms with Crippen LogP contribution < -0.4 is 14.8 Å². The molecule has 0 fully saturated rings. The topological polar surface area (TPSA) is 50.7 Å². The SMILES string of the molecule is CCC(CC)(CO)CNCc1cccc(OC)c1OC. The minimum absolute atomic E-state index is 0.0356. The molecule has 2 N–H and O–H groups in total. The summed E-state index contributed by atoms with van der Waals surface area (Å²) in [6, 6.07) is 5.86. The molecule has 0 heterocycles. The minimum Gasteiger partial charge on any atom is -0.493 e. The van der Waals surface area contributed by atoms with Gasteiger partial charge in [-0.05, 0) is 18.9 Å². The van der Waals surface area contributed by atoms with Crippen LogP contribution in [0.5, 0.6) is 11.5 Å². The van der Waals surface area contributed by atoms with Crippen LogP contribution in [0.15, 0.2) is 18.2 Å². The van der Waals surface area contributed by atoms with Gasteiger partial charge in [-0.2, -0.15) is 0 Å². The Bertz CT molecular complexity index is 394. The van der Waals surface area contributed by atoms with Crippen molar-refractivity contribution in [2.75, 3.05) is 27.4 Å². The molecule has 0 atom stereocenters. The summed E-state index contributed by atoms with van der Waals surface area (Å²) in [5.41, 5.74) is 1.03. The maximum absolute atomic E-state index is 9.57. The second kappa shape index (κ2) is 8.12. The number of hydrogen-bond acceptors (Lipinski definition) is 4. The van der Waals surface area contributed by atoms with Crippen LogP contribution in [-0.4, -0.2) is 32.5 Å². The highest BCUT2D eigenvalue weighted by molar-refractivity contribution is 5.46. The first-order valence-electron chi connectivity index (χ1n) is 7.17. The van der Waals surface area contributed by atoms with Crippen LogP contribution >= 0.6 is 0 Å². The Balaban J connectivity index is 2.71. The van der Waals surface area contributed by atoms with Crippen LogP contribution in [0.1, 0.15) is 32.3 Å². The lowest BCUT2D eigenvalue weighted by Crippen LogP contribution is -2.36. The molecule has 0 radical (unpaired) electrons. The molecule has 1 aromatic carbocycles. The van der Waals surface area contributed by atoms with Gasteiger partial charge in [-0.15, -0.1) is 0 Å². The number of para-hydroxylation sites is 1. The molecule has 0 aromatic heterocycles. The van der Waals surface area contributed by atoms with Gasteiger partial charge in [-0.1, -0.05) is 26.0 Å². The molecule has 0 saturated carbocycles. The molecule has 0 amide bonds. The average Bonchev–Trinajstić information content (AvgIpc) is 2.51. The lowest BCUT2D eigenvalue weighted by Gasteiger charge is -2.29. The van der Waals surface area contributed by atoms with Gasteiger partial charge in [-0.3, -0.25) is 0 Å². The van der Waals surface area contributed by atoms with E-state index in [2.05, 4.69) is 19.2 Å². The van der Waals surface area contributed by atoms with Gasteiger partial charge in [0, 0.05) is 30.7 Å². The molecular weight excluding hydrogens is 254 g/mol. The highest BCUT2D eigenvalue weighted by Gasteiger charge is 2.24. The molecule has 20 heavy (non-hydrogen) atoms. The summed E-state index contributed by atoms with van der Waals surface area (Å²) in [6.07, 6.45) is 1.92. The highest BCUT2D eigenvalue weighted by atomic mass is 16.5. The Hall–Kier alpha value is -1.26. The van der Waals surface area contributed by atoms with Crippen molar-refractivity contribution in [3.05, 3.63) is 23.8 Å². The third-order valence-electron chi connectivity index (χ3n) is 4.14. The average molecular weight is 281 g/mol. The zero-order chi connectivity index (χ0) is 15.0. The third kappa shape index (κ3) is 3.87. The highest BCUT2D eigenvalue weighted by Crippen LogP contribution is 2.31. The van der Waals surface area contributed by atoms with Crippen molar-refractivity contribution in [2.45, 2.75) is 33.2 Å². The fraction of sp³-hybridized carbons (Fsp3) is 0.625. The number of aliphatic hydroxyl groups excluding tert-OH is 1. The summed E-state index contributed by atoms with van der Waals surface area (Å²) in [5, 5.41) is 13.0. The van der Waals surface area contributed by atoms with E-state index in [-0.39, 0.29) is 12.0 Å². The van der Waals surface area contributed by atoms with E-state index in [0.29, 0.717) is 6.54 Å². The van der Waals surface area contributed by atoms with Crippen molar-refractivity contribution in [3.8, 4) is 11.5 Å². The van der Waals surface area contributed by atoms with Crippen LogP contribution in [0.4, 0.5) is 0 Å². The zero-order valence-corrected chi connectivity index (χ0v) is 13.0. The van der Waals surface area contributed by atoms with Gasteiger partial charge in [0.2, 0.25) is 0 Å². The van der Waals surface area contributed by atoms with Gasteiger partial charge >= 0.3 is 0 Å². The molecule has 4 nitrogen and oxygen atoms in total. The molecular formula is C16H27NO3. The molecule has 1 aromatic rings. The van der Waals surface area contributed by atoms with Crippen LogP contribution in [0, 0.1) is 5.41 Å². The summed E-state index contributed by atoms with van der Waals surface area (Å²) >= 11 is 0. The summed E-state index contributed by atoms with van der Waals surface area (Å²) in [4.78, 5) is 0. The lowest BCUT2D eigenvalue weighted by molar-refractivity contribution is 0.113. The molecule has 0 aliphatic heterocycles. The summed E-state index contributed by atoms with van der Waals surface area (Å²) in [7, 11) is 3.29. The van der Waals surface area contributed by atoms with E-state index in [9.17, 15) is 5.11 Å². The Morgan fingerprint density at radius 2 is 1.85 bits per heavy atom. The van der Waals surface area contributed by atoms with Gasteiger partial charge < -0.3 is 19.9 Å². The van der Waals surface area contributed by atoms with Crippen molar-refractivity contribution >= 4 is 0 Å². The molecule has 114 valence electrons. The number of hydrogen-bond donors (Lipinski definition) is 2. The maximum atomic E-state index is 9.57. The van der Waals surface area contributed by atoms with Gasteiger partial charge in [0.1, 0.15) is 0 Å². The Kier molecular flexibility index (Phi) is 6.82. The molecule has 4 heteroatoms. The summed E-state index contributed by atoms with van der Waals surface area (Å²) in [6.45, 7) is 5.93. The molecule has 1 rings (SSSR count). The maximum Gasteiger partial charge on any atom is 0.165 e. The van der Waals surface area contributed by atoms with Gasteiger partial charge in [0.25, 0.3) is 0 Å². The van der Waals surface area contributed by atoms with Crippen LogP contribution in [0.3, 0.4) is 0 Å². The quantitative estimate of drug-likeness (QED) is 0.730. The predicted molar refractivity (Wildman–Crippen MR) is 81.4 cm³/mol. The minimum atomic E-state index is -0.0356. The van der Waals surface area contributed by atoms with E-state index in [1.54, 1.807) is 14.2 Å². The molecule has 0 spiro atoms. The second-order valence-corrected chi connectivity index (χ2v) is 5.12. The number of ether oxygens (including phenoxy) is 2. The number of benzene rings is 1. The Morgan fingerprint density at radius 1 is 1.15 bits per heavy atom. The Morgan fingerprint density at radius 3 is 2.35 bits per heavy atom. The second-order valence-electron chi connectivity index (χ2n) is 5.12. The van der Waals surface area contributed by atoms with E-state index in [0.717, 1.165) is 36.4 Å². The Labute approximate surface area is 122 Å². The number of nitrogens with one attached hydrogen (secondary N) is 1. The van der Waals surface area contributed by atoms with Crippen molar-refractivity contribution in [2.24, 2.45) is 5.41 Å². The van der Waals surface area contributed by atoms with Crippen molar-refractivity contribution in [1.29, 1.82) is 0 Å². The van der Waals surface area contributed by atoms with Gasteiger partial charge in [0.05, 0.1) is 14.2 Å². The van der Waals surface area contributed by atoms with E-state index in [1.165, 1.54) is 0 Å². The normalized spacial score (nSPS) is 11.4. The van der Waals surface area contributed by atoms with Crippen molar-refractivity contribution in [1.82, 2.24) is 5.32 Å². The summed E-state index contributed by atoms with van der Waals surface area (Å²) in [5.74, 6) is 1.51. The molecule has 0 aliphatic rings. The summed E-state index contributed by atoms with van der Waals surface area (Å²) < 4.78 is 10.7. The number of aliphatic hydroxyl groups is 1. The first-order chi connectivity index (χ1) is 9.66. The van der Waals surface area contributed by atoms with E-state index in [4.69, 9.17) is 9.47 Å². The molecule has 0 unspecified atom stereocenters. The lowest BCUT2D eigenvalue weighted by atomic mass is 9.83. The van der Waals surface area contributed by atoms with Crippen LogP contribution in [0.25, 0.3) is 0 Å². The molecule has 0 bridgehead atoms. The zero-order valence-electron chi connectivity index (χ0n) is 13.0. The predicted octanol–water partition coefficient (Wildman–Crippen LogP) is 2.59. The van der Waals surface area contributed by atoms with Crippen molar-refractivity contribution in [3.63, 3.8) is 0 Å². The van der Waals surface area contributed by atoms with Crippen LogP contribution in [-0.2, 0) is 6.54 Å².